The number of rotatable bonds is 24. The predicted molar refractivity (Wildman–Crippen MR) is 225 cm³/mol. The van der Waals surface area contributed by atoms with Crippen LogP contribution >= 0.6 is 0 Å². The number of carbonyl (C=O) groups excluding carboxylic acids is 7. The van der Waals surface area contributed by atoms with Crippen LogP contribution in [0.15, 0.2) is 30.3 Å². The number of sulfonamides is 1. The van der Waals surface area contributed by atoms with Crippen molar-refractivity contribution in [3.05, 3.63) is 35.9 Å². The summed E-state index contributed by atoms with van der Waals surface area (Å²) in [7, 11) is -3.70. The molecule has 0 saturated carbocycles. The molecule has 1 heterocycles. The van der Waals surface area contributed by atoms with Crippen molar-refractivity contribution in [3.63, 3.8) is 0 Å². The van der Waals surface area contributed by atoms with Crippen LogP contribution in [0.5, 0.6) is 0 Å². The molecule has 1 aromatic carbocycles. The summed E-state index contributed by atoms with van der Waals surface area (Å²) in [5, 5.41) is 22.0. The molecular weight excluding hydrogens is 815 g/mol. The van der Waals surface area contributed by atoms with Gasteiger partial charge < -0.3 is 41.3 Å². The lowest BCUT2D eigenvalue weighted by Gasteiger charge is -2.37. The van der Waals surface area contributed by atoms with E-state index in [1.165, 1.54) is 17.0 Å². The maximum Gasteiger partial charge on any atom is 0.407 e. The summed E-state index contributed by atoms with van der Waals surface area (Å²) in [6.07, 6.45) is 1.37. The molecular formula is C41H65N7O12S. The number of likely N-dealkylation sites (tertiary alicyclic amines) is 1. The molecule has 2 unspecified atom stereocenters. The van der Waals surface area contributed by atoms with Gasteiger partial charge in [-0.25, -0.2) is 22.7 Å². The van der Waals surface area contributed by atoms with Gasteiger partial charge >= 0.3 is 12.1 Å². The van der Waals surface area contributed by atoms with Crippen LogP contribution in [0.25, 0.3) is 0 Å². The molecule has 1 aliphatic rings. The quantitative estimate of drug-likeness (QED) is 0.0726. The number of carbonyl (C=O) groups is 8. The maximum atomic E-state index is 14.1. The molecule has 1 aromatic rings. The van der Waals surface area contributed by atoms with Crippen molar-refractivity contribution in [2.75, 3.05) is 32.5 Å². The number of Topliss-reactive ketones (excluding diaryl/α,β-unsaturated/α-hetero) is 1. The summed E-state index contributed by atoms with van der Waals surface area (Å²) < 4.78 is 31.8. The number of alkyl carbamates (subject to hydrolysis) is 1. The van der Waals surface area contributed by atoms with Crippen LogP contribution in [0.2, 0.25) is 0 Å². The van der Waals surface area contributed by atoms with E-state index in [1.807, 2.05) is 41.5 Å². The summed E-state index contributed by atoms with van der Waals surface area (Å²) >= 11 is 0. The first-order valence-corrected chi connectivity index (χ1v) is 22.6. The zero-order valence-corrected chi connectivity index (χ0v) is 37.3. The van der Waals surface area contributed by atoms with Crippen LogP contribution < -0.4 is 31.3 Å². The van der Waals surface area contributed by atoms with E-state index >= 15 is 0 Å². The molecule has 61 heavy (non-hydrogen) atoms. The van der Waals surface area contributed by atoms with E-state index < -0.39 is 100 Å². The highest BCUT2D eigenvalue weighted by molar-refractivity contribution is 7.88. The SMILES string of the molecule is CCCC(NC(=O)[C@H](CC(C)C)NC(=O)[C@@H](NC(=O)OCC(C)C)C1CCN(C(=O)C(CC(C)C)NS(C)(=O)=O)CC1)C(=O)C(=O)NCC(=O)N[C@H](C(=O)O)c1ccccc1. The molecule has 5 atom stereocenters. The van der Waals surface area contributed by atoms with Gasteiger partial charge in [-0.2, -0.15) is 0 Å². The van der Waals surface area contributed by atoms with Crippen LogP contribution in [-0.2, 0) is 48.3 Å². The van der Waals surface area contributed by atoms with Crippen LogP contribution in [0, 0.1) is 23.7 Å². The fourth-order valence-electron chi connectivity index (χ4n) is 6.76. The Labute approximate surface area is 358 Å². The predicted octanol–water partition coefficient (Wildman–Crippen LogP) is 1.38. The lowest BCUT2D eigenvalue weighted by Crippen LogP contribution is -2.59. The molecule has 2 rings (SSSR count). The highest BCUT2D eigenvalue weighted by Crippen LogP contribution is 2.24. The summed E-state index contributed by atoms with van der Waals surface area (Å²) in [6.45, 7) is 12.4. The number of nitrogens with one attached hydrogen (secondary N) is 6. The van der Waals surface area contributed by atoms with Crippen LogP contribution in [0.3, 0.4) is 0 Å². The number of piperidine rings is 1. The van der Waals surface area contributed by atoms with Crippen molar-refractivity contribution >= 4 is 57.4 Å². The van der Waals surface area contributed by atoms with Gasteiger partial charge in [0.05, 0.1) is 25.4 Å². The summed E-state index contributed by atoms with van der Waals surface area (Å²) in [6, 6.07) is 1.72. The van der Waals surface area contributed by atoms with E-state index in [2.05, 4.69) is 31.3 Å². The molecule has 6 amide bonds. The van der Waals surface area contributed by atoms with E-state index in [0.717, 1.165) is 6.26 Å². The van der Waals surface area contributed by atoms with Crippen LogP contribution in [0.4, 0.5) is 4.79 Å². The average Bonchev–Trinajstić information content (AvgIpc) is 3.18. The Bertz CT molecular complexity index is 1780. The minimum absolute atomic E-state index is 0.00679. The van der Waals surface area contributed by atoms with Gasteiger partial charge in [0.15, 0.2) is 6.04 Å². The van der Waals surface area contributed by atoms with Gasteiger partial charge in [0.1, 0.15) is 18.1 Å². The molecule has 0 radical (unpaired) electrons. The molecule has 1 saturated heterocycles. The number of benzene rings is 1. The molecule has 20 heteroatoms. The Kier molecular flexibility index (Phi) is 21.3. The zero-order chi connectivity index (χ0) is 46.0. The molecule has 0 bridgehead atoms. The molecule has 0 aromatic heterocycles. The van der Waals surface area contributed by atoms with Crippen molar-refractivity contribution in [3.8, 4) is 0 Å². The first kappa shape index (κ1) is 52.0. The molecule has 19 nitrogen and oxygen atoms in total. The van der Waals surface area contributed by atoms with Gasteiger partial charge in [0.25, 0.3) is 5.91 Å². The summed E-state index contributed by atoms with van der Waals surface area (Å²) in [5.41, 5.74) is 0.293. The molecule has 1 aliphatic heterocycles. The highest BCUT2D eigenvalue weighted by atomic mass is 32.2. The van der Waals surface area contributed by atoms with Gasteiger partial charge in [-0.05, 0) is 61.3 Å². The molecule has 0 spiro atoms. The van der Waals surface area contributed by atoms with Crippen molar-refractivity contribution in [2.45, 2.75) is 117 Å². The van der Waals surface area contributed by atoms with Crippen molar-refractivity contribution in [1.29, 1.82) is 0 Å². The van der Waals surface area contributed by atoms with Gasteiger partial charge in [0, 0.05) is 13.1 Å². The first-order valence-electron chi connectivity index (χ1n) is 20.7. The van der Waals surface area contributed by atoms with Crippen molar-refractivity contribution in [1.82, 2.24) is 36.2 Å². The number of carboxylic acids is 1. The molecule has 342 valence electrons. The van der Waals surface area contributed by atoms with Gasteiger partial charge in [-0.3, -0.25) is 28.8 Å². The normalized spacial score (nSPS) is 15.8. The van der Waals surface area contributed by atoms with E-state index in [4.69, 9.17) is 4.74 Å². The Morgan fingerprint density at radius 3 is 1.89 bits per heavy atom. The smallest absolute Gasteiger partial charge is 0.407 e. The Morgan fingerprint density at radius 2 is 1.36 bits per heavy atom. The zero-order valence-electron chi connectivity index (χ0n) is 36.4. The van der Waals surface area contributed by atoms with Gasteiger partial charge in [0.2, 0.25) is 39.4 Å². The second kappa shape index (κ2) is 25.0. The van der Waals surface area contributed by atoms with Gasteiger partial charge in [-0.15, -0.1) is 0 Å². The van der Waals surface area contributed by atoms with Gasteiger partial charge in [-0.1, -0.05) is 85.2 Å². The number of ether oxygens (including phenoxy) is 1. The number of nitrogens with zero attached hydrogens (tertiary/aromatic N) is 1. The van der Waals surface area contributed by atoms with E-state index in [0.29, 0.717) is 12.0 Å². The fourth-order valence-corrected chi connectivity index (χ4v) is 7.47. The fraction of sp³-hybridized carbons (Fsp3) is 0.659. The third kappa shape index (κ3) is 18.6. The first-order chi connectivity index (χ1) is 28.5. The van der Waals surface area contributed by atoms with Crippen molar-refractivity contribution < 1.29 is 56.6 Å². The third-order valence-corrected chi connectivity index (χ3v) is 10.4. The molecule has 1 fully saturated rings. The largest absolute Gasteiger partial charge is 0.479 e. The number of carboxylic acid groups (broad SMARTS) is 1. The number of hydrogen-bond acceptors (Lipinski definition) is 11. The van der Waals surface area contributed by atoms with Crippen LogP contribution in [-0.4, -0.2) is 122 Å². The summed E-state index contributed by atoms with van der Waals surface area (Å²) in [4.78, 5) is 107. The maximum absolute atomic E-state index is 14.1. The highest BCUT2D eigenvalue weighted by Gasteiger charge is 2.38. The standard InChI is InChI=1S/C41H65N7O12S/c1-9-13-29(35(50)38(53)42-22-32(49)45-34(40(55)56)27-14-11-10-12-15-27)43-36(51)30(20-24(2)3)44-37(52)33(46-41(57)60-23-26(6)7)28-16-18-48(19-17-28)39(54)31(21-25(4)5)47-61(8,58)59/h10-12,14-15,24-26,28-31,33-34,47H,9,13,16-23H2,1-8H3,(H,42,53)(H,43,51)(H,44,52)(H,45,49)(H,46,57)(H,55,56)/t29?,30-,31?,33-,34-/m0/s1. The number of ketones is 1. The Morgan fingerprint density at radius 1 is 0.787 bits per heavy atom. The lowest BCUT2D eigenvalue weighted by atomic mass is 9.88. The number of aliphatic carboxylic acids is 1. The van der Waals surface area contributed by atoms with E-state index in [-0.39, 0.29) is 69.6 Å². The van der Waals surface area contributed by atoms with Crippen molar-refractivity contribution in [2.24, 2.45) is 23.7 Å². The van der Waals surface area contributed by atoms with E-state index in [9.17, 15) is 51.9 Å². The lowest BCUT2D eigenvalue weighted by molar-refractivity contribution is -0.142. The minimum atomic E-state index is -3.70. The number of amides is 6. The Hall–Kier alpha value is -5.11. The number of hydrogen-bond donors (Lipinski definition) is 7. The minimum Gasteiger partial charge on any atom is -0.479 e. The third-order valence-electron chi connectivity index (χ3n) is 9.66. The second-order valence-electron chi connectivity index (χ2n) is 16.7. The summed E-state index contributed by atoms with van der Waals surface area (Å²) in [5.74, 6) is -7.04. The topological polar surface area (TPSA) is 276 Å². The van der Waals surface area contributed by atoms with Crippen LogP contribution in [0.1, 0.15) is 98.6 Å². The second-order valence-corrected chi connectivity index (χ2v) is 18.5. The monoisotopic (exact) mass is 879 g/mol. The molecule has 0 aliphatic carbocycles. The molecule has 7 N–H and O–H groups in total. The average molecular weight is 880 g/mol. The Balaban J connectivity index is 2.22. The van der Waals surface area contributed by atoms with E-state index in [1.54, 1.807) is 25.1 Å².